The number of aromatic nitrogens is 1. The number of aliphatic hydroxyl groups is 1. The Morgan fingerprint density at radius 2 is 2.10 bits per heavy atom. The summed E-state index contributed by atoms with van der Waals surface area (Å²) in [5.41, 5.74) is 7.36. The predicted molar refractivity (Wildman–Crippen MR) is 82.5 cm³/mol. The Morgan fingerprint density at radius 1 is 1.40 bits per heavy atom. The molecule has 2 atom stereocenters. The number of hydrogen-bond acceptors (Lipinski definition) is 5. The van der Waals surface area contributed by atoms with Gasteiger partial charge in [0.05, 0.1) is 12.2 Å². The molecule has 20 heavy (non-hydrogen) atoms. The van der Waals surface area contributed by atoms with Gasteiger partial charge in [0.2, 0.25) is 0 Å². The van der Waals surface area contributed by atoms with Crippen molar-refractivity contribution in [1.82, 2.24) is 4.98 Å². The van der Waals surface area contributed by atoms with E-state index in [1.807, 2.05) is 19.1 Å². The summed E-state index contributed by atoms with van der Waals surface area (Å²) in [5, 5.41) is 19.3. The Hall–Kier alpha value is -1.09. The fourth-order valence-corrected chi connectivity index (χ4v) is 3.57. The van der Waals surface area contributed by atoms with Crippen molar-refractivity contribution in [3.63, 3.8) is 0 Å². The van der Waals surface area contributed by atoms with Crippen molar-refractivity contribution in [3.05, 3.63) is 23.4 Å². The average Bonchev–Trinajstić information content (AvgIpc) is 2.38. The zero-order valence-corrected chi connectivity index (χ0v) is 13.2. The topological polar surface area (TPSA) is 82.9 Å². The first-order chi connectivity index (χ1) is 9.46. The van der Waals surface area contributed by atoms with Gasteiger partial charge in [0.25, 0.3) is 0 Å². The molecule has 0 fully saturated rings. The van der Waals surface area contributed by atoms with E-state index in [0.717, 1.165) is 23.6 Å². The van der Waals surface area contributed by atoms with Crippen LogP contribution in [0.3, 0.4) is 0 Å². The van der Waals surface area contributed by atoms with E-state index < -0.39 is 0 Å². The third kappa shape index (κ3) is 5.49. The summed E-state index contributed by atoms with van der Waals surface area (Å²) in [4.78, 5) is 4.46. The fourth-order valence-electron chi connectivity index (χ4n) is 2.00. The first-order valence-electron chi connectivity index (χ1n) is 6.87. The molecule has 110 valence electrons. The van der Waals surface area contributed by atoms with E-state index in [-0.39, 0.29) is 17.9 Å². The van der Waals surface area contributed by atoms with E-state index in [2.05, 4.69) is 24.9 Å². The van der Waals surface area contributed by atoms with E-state index in [4.69, 9.17) is 16.1 Å². The van der Waals surface area contributed by atoms with Gasteiger partial charge >= 0.3 is 0 Å². The van der Waals surface area contributed by atoms with Gasteiger partial charge in [-0.05, 0) is 37.8 Å². The van der Waals surface area contributed by atoms with Gasteiger partial charge in [0.15, 0.2) is 0 Å². The average molecular weight is 293 g/mol. The van der Waals surface area contributed by atoms with Crippen LogP contribution < -0.4 is 5.73 Å². The van der Waals surface area contributed by atoms with E-state index in [1.165, 1.54) is 0 Å². The lowest BCUT2D eigenvalue weighted by Crippen LogP contribution is -2.29. The van der Waals surface area contributed by atoms with Crippen LogP contribution in [-0.4, -0.2) is 28.0 Å². The lowest BCUT2D eigenvalue weighted by atomic mass is 10.0. The van der Waals surface area contributed by atoms with E-state index in [0.29, 0.717) is 11.5 Å². The normalized spacial score (nSPS) is 14.1. The van der Waals surface area contributed by atoms with Crippen LogP contribution in [0.1, 0.15) is 37.9 Å². The van der Waals surface area contributed by atoms with Gasteiger partial charge in [-0.2, -0.15) is 5.26 Å². The number of pyridine rings is 1. The summed E-state index contributed by atoms with van der Waals surface area (Å²) >= 11 is 1.60. The van der Waals surface area contributed by atoms with Crippen molar-refractivity contribution in [2.45, 2.75) is 49.9 Å². The molecule has 0 saturated carbocycles. The van der Waals surface area contributed by atoms with Crippen LogP contribution in [0, 0.1) is 24.2 Å². The van der Waals surface area contributed by atoms with Crippen LogP contribution in [0.4, 0.5) is 0 Å². The van der Waals surface area contributed by atoms with Gasteiger partial charge in [-0.15, -0.1) is 11.8 Å². The highest BCUT2D eigenvalue weighted by atomic mass is 32.2. The van der Waals surface area contributed by atoms with Gasteiger partial charge in [-0.3, -0.25) is 0 Å². The molecular formula is C15H23N3OS. The molecule has 5 heteroatoms. The van der Waals surface area contributed by atoms with Crippen molar-refractivity contribution in [2.75, 3.05) is 6.61 Å². The summed E-state index contributed by atoms with van der Waals surface area (Å²) in [6, 6.07) is 5.62. The minimum atomic E-state index is -0.221. The number of nitrogens with zero attached hydrogens (tertiary/aromatic N) is 2. The maximum Gasteiger partial charge on any atom is 0.114 e. The van der Waals surface area contributed by atoms with Gasteiger partial charge < -0.3 is 10.8 Å². The molecule has 1 aromatic heterocycles. The summed E-state index contributed by atoms with van der Waals surface area (Å²) < 4.78 is 0. The van der Waals surface area contributed by atoms with Crippen LogP contribution in [-0.2, 0) is 0 Å². The molecule has 1 aromatic rings. The maximum atomic E-state index is 9.16. The Balaban J connectivity index is 2.88. The Labute approximate surface area is 125 Å². The number of thioether (sulfide) groups is 1. The molecule has 0 aliphatic rings. The molecule has 0 bridgehead atoms. The van der Waals surface area contributed by atoms with Crippen LogP contribution in [0.25, 0.3) is 0 Å². The van der Waals surface area contributed by atoms with Crippen LogP contribution in [0.5, 0.6) is 0 Å². The second-order valence-corrected chi connectivity index (χ2v) is 6.75. The van der Waals surface area contributed by atoms with Gasteiger partial charge in [-0.25, -0.2) is 4.98 Å². The standard InChI is InChI=1S/C15H23N3OS/c1-10(2)6-14(7-13(17)9-19)20-15-12(8-16)5-4-11(3)18-15/h4-5,10,13-14,19H,6-7,9,17H2,1-3H3/t13-,14+/m0/s1. The summed E-state index contributed by atoms with van der Waals surface area (Å²) in [6.45, 7) is 6.23. The third-order valence-corrected chi connectivity index (χ3v) is 4.19. The Kier molecular flexibility index (Phi) is 7.00. The first-order valence-corrected chi connectivity index (χ1v) is 7.75. The minimum absolute atomic E-state index is 0.0124. The van der Waals surface area contributed by atoms with Crippen molar-refractivity contribution < 1.29 is 5.11 Å². The lowest BCUT2D eigenvalue weighted by Gasteiger charge is -2.21. The molecule has 0 radical (unpaired) electrons. The fraction of sp³-hybridized carbons (Fsp3) is 0.600. The molecule has 0 unspecified atom stereocenters. The van der Waals surface area contributed by atoms with Crippen LogP contribution in [0.15, 0.2) is 17.2 Å². The monoisotopic (exact) mass is 293 g/mol. The van der Waals surface area contributed by atoms with Gasteiger partial charge in [0, 0.05) is 17.0 Å². The smallest absolute Gasteiger partial charge is 0.114 e. The zero-order valence-electron chi connectivity index (χ0n) is 12.3. The molecule has 0 amide bonds. The van der Waals surface area contributed by atoms with E-state index in [1.54, 1.807) is 11.8 Å². The van der Waals surface area contributed by atoms with Crippen LogP contribution >= 0.6 is 11.8 Å². The zero-order chi connectivity index (χ0) is 15.1. The largest absolute Gasteiger partial charge is 0.395 e. The number of nitrogens with two attached hydrogens (primary N) is 1. The van der Waals surface area contributed by atoms with E-state index in [9.17, 15) is 0 Å². The van der Waals surface area contributed by atoms with Crippen molar-refractivity contribution in [2.24, 2.45) is 11.7 Å². The number of nitriles is 1. The predicted octanol–water partition coefficient (Wildman–Crippen LogP) is 2.48. The molecule has 4 nitrogen and oxygen atoms in total. The molecule has 0 saturated heterocycles. The number of aliphatic hydroxyl groups excluding tert-OH is 1. The molecule has 1 rings (SSSR count). The molecule has 0 spiro atoms. The lowest BCUT2D eigenvalue weighted by molar-refractivity contribution is 0.257. The van der Waals surface area contributed by atoms with E-state index >= 15 is 0 Å². The van der Waals surface area contributed by atoms with Crippen molar-refractivity contribution in [3.8, 4) is 6.07 Å². The minimum Gasteiger partial charge on any atom is -0.395 e. The molecule has 0 aliphatic carbocycles. The van der Waals surface area contributed by atoms with Crippen LogP contribution in [0.2, 0.25) is 0 Å². The summed E-state index contributed by atoms with van der Waals surface area (Å²) in [7, 11) is 0. The Morgan fingerprint density at radius 3 is 2.65 bits per heavy atom. The highest BCUT2D eigenvalue weighted by Gasteiger charge is 2.18. The SMILES string of the molecule is Cc1ccc(C#N)c(S[C@H](CC(C)C)C[C@H](N)CO)n1. The highest BCUT2D eigenvalue weighted by Crippen LogP contribution is 2.31. The quantitative estimate of drug-likeness (QED) is 0.755. The highest BCUT2D eigenvalue weighted by molar-refractivity contribution is 7.99. The molecule has 0 aromatic carbocycles. The third-order valence-electron chi connectivity index (χ3n) is 2.93. The Bertz CT molecular complexity index is 471. The van der Waals surface area contributed by atoms with Crippen molar-refractivity contribution >= 4 is 11.8 Å². The van der Waals surface area contributed by atoms with Gasteiger partial charge in [-0.1, -0.05) is 13.8 Å². The summed E-state index contributed by atoms with van der Waals surface area (Å²) in [6.07, 6.45) is 1.71. The second kappa shape index (κ2) is 8.25. The summed E-state index contributed by atoms with van der Waals surface area (Å²) in [5.74, 6) is 0.536. The number of hydrogen-bond donors (Lipinski definition) is 2. The second-order valence-electron chi connectivity index (χ2n) is 5.46. The first kappa shape index (κ1) is 17.0. The molecule has 0 aliphatic heterocycles. The molecular weight excluding hydrogens is 270 g/mol. The van der Waals surface area contributed by atoms with Crippen molar-refractivity contribution in [1.29, 1.82) is 5.26 Å². The molecule has 3 N–H and O–H groups in total. The number of rotatable bonds is 7. The van der Waals surface area contributed by atoms with Gasteiger partial charge in [0.1, 0.15) is 11.1 Å². The molecule has 1 heterocycles. The number of aryl methyl sites for hydroxylation is 1. The maximum absolute atomic E-state index is 9.16.